The molecule has 0 saturated heterocycles. The number of amides is 1. The Bertz CT molecular complexity index is 323. The second-order valence-electron chi connectivity index (χ2n) is 3.51. The third-order valence-corrected chi connectivity index (χ3v) is 2.23. The number of unbranched alkanes of at least 4 members (excludes halogenated alkanes) is 2. The molecule has 3 N–H and O–H groups in total. The van der Waals surface area contributed by atoms with Gasteiger partial charge in [-0.2, -0.15) is 0 Å². The second-order valence-corrected chi connectivity index (χ2v) is 3.51. The lowest BCUT2D eigenvalue weighted by molar-refractivity contribution is 0.0906. The van der Waals surface area contributed by atoms with E-state index in [1.807, 2.05) is 5.43 Å². The molecule has 1 aromatic rings. The average Bonchev–Trinajstić information content (AvgIpc) is 2.76. The van der Waals surface area contributed by atoms with E-state index in [9.17, 15) is 4.79 Å². The molecule has 0 aromatic carbocycles. The minimum absolute atomic E-state index is 0.220. The predicted molar refractivity (Wildman–Crippen MR) is 59.5 cm³/mol. The number of furan rings is 1. The first kappa shape index (κ1) is 12.7. The molecule has 0 bridgehead atoms. The van der Waals surface area contributed by atoms with Gasteiger partial charge in [-0.1, -0.05) is 19.8 Å². The molecular formula is C11H18N2O3. The highest BCUT2D eigenvalue weighted by molar-refractivity contribution is 5.92. The molecule has 90 valence electrons. The zero-order chi connectivity index (χ0) is 11.8. The smallest absolute Gasteiger partial charge is 0.301 e. The van der Waals surface area contributed by atoms with Crippen LogP contribution in [0.4, 0.5) is 0 Å². The Morgan fingerprint density at radius 1 is 1.56 bits per heavy atom. The molecular weight excluding hydrogens is 208 g/mol. The summed E-state index contributed by atoms with van der Waals surface area (Å²) in [4.78, 5) is 11.2. The summed E-state index contributed by atoms with van der Waals surface area (Å²) in [6.07, 6.45) is 4.81. The summed E-state index contributed by atoms with van der Waals surface area (Å²) in [5.41, 5.74) is 2.75. The topological polar surface area (TPSA) is 77.5 Å². The lowest BCUT2D eigenvalue weighted by Crippen LogP contribution is -2.30. The summed E-state index contributed by atoms with van der Waals surface area (Å²) < 4.78 is 10.5. The maximum atomic E-state index is 11.2. The number of rotatable bonds is 7. The minimum Gasteiger partial charge on any atom is -0.459 e. The number of hydrazine groups is 1. The van der Waals surface area contributed by atoms with Gasteiger partial charge in [-0.05, 0) is 12.5 Å². The fraction of sp³-hybridized carbons (Fsp3) is 0.545. The summed E-state index contributed by atoms with van der Waals surface area (Å²) in [6, 6.07) is 1.71. The van der Waals surface area contributed by atoms with Crippen LogP contribution < -0.4 is 11.3 Å². The van der Waals surface area contributed by atoms with Gasteiger partial charge in [0, 0.05) is 12.2 Å². The number of carbonyl (C=O) groups is 1. The molecule has 16 heavy (non-hydrogen) atoms. The van der Waals surface area contributed by atoms with Crippen LogP contribution in [0, 0.1) is 0 Å². The Kier molecular flexibility index (Phi) is 5.60. The van der Waals surface area contributed by atoms with E-state index in [-0.39, 0.29) is 5.76 Å². The van der Waals surface area contributed by atoms with Gasteiger partial charge < -0.3 is 9.15 Å². The minimum atomic E-state index is -0.433. The molecule has 1 rings (SSSR count). The average molecular weight is 226 g/mol. The normalized spacial score (nSPS) is 10.4. The van der Waals surface area contributed by atoms with Gasteiger partial charge in [0.25, 0.3) is 0 Å². The van der Waals surface area contributed by atoms with E-state index in [1.165, 1.54) is 6.26 Å². The molecule has 0 aliphatic heterocycles. The van der Waals surface area contributed by atoms with Gasteiger partial charge in [0.05, 0.1) is 12.9 Å². The highest BCUT2D eigenvalue weighted by Gasteiger charge is 2.13. The number of nitrogens with two attached hydrogens (primary N) is 1. The highest BCUT2D eigenvalue weighted by Crippen LogP contribution is 2.11. The zero-order valence-electron chi connectivity index (χ0n) is 9.49. The van der Waals surface area contributed by atoms with E-state index in [1.54, 1.807) is 6.07 Å². The monoisotopic (exact) mass is 226 g/mol. The Hall–Kier alpha value is -1.33. The van der Waals surface area contributed by atoms with Gasteiger partial charge in [0.2, 0.25) is 0 Å². The maximum Gasteiger partial charge on any atom is 0.301 e. The third kappa shape index (κ3) is 3.67. The van der Waals surface area contributed by atoms with Crippen LogP contribution in [-0.4, -0.2) is 12.5 Å². The third-order valence-electron chi connectivity index (χ3n) is 2.23. The molecule has 0 saturated carbocycles. The van der Waals surface area contributed by atoms with Gasteiger partial charge in [0.1, 0.15) is 0 Å². The van der Waals surface area contributed by atoms with Crippen molar-refractivity contribution in [3.8, 4) is 0 Å². The van der Waals surface area contributed by atoms with Gasteiger partial charge in [-0.25, -0.2) is 5.84 Å². The molecule has 5 heteroatoms. The molecule has 0 atom stereocenters. The predicted octanol–water partition coefficient (Wildman–Crippen LogP) is 1.59. The van der Waals surface area contributed by atoms with Crippen molar-refractivity contribution in [2.75, 3.05) is 6.61 Å². The quantitative estimate of drug-likeness (QED) is 0.320. The molecule has 0 aliphatic rings. The fourth-order valence-electron chi connectivity index (χ4n) is 1.35. The molecule has 1 heterocycles. The Labute approximate surface area is 94.9 Å². The lowest BCUT2D eigenvalue weighted by Gasteiger charge is -2.03. The number of carbonyl (C=O) groups excluding carboxylic acids is 1. The summed E-state index contributed by atoms with van der Waals surface area (Å²) >= 11 is 0. The molecule has 0 aliphatic carbocycles. The van der Waals surface area contributed by atoms with Crippen molar-refractivity contribution in [1.29, 1.82) is 0 Å². The number of nitrogen functional groups attached to an aromatic ring is 1. The van der Waals surface area contributed by atoms with Crippen LogP contribution in [-0.2, 0) is 11.3 Å². The van der Waals surface area contributed by atoms with Crippen molar-refractivity contribution in [3.05, 3.63) is 23.7 Å². The van der Waals surface area contributed by atoms with Crippen molar-refractivity contribution >= 4 is 5.91 Å². The van der Waals surface area contributed by atoms with E-state index in [0.717, 1.165) is 24.8 Å². The Morgan fingerprint density at radius 3 is 3.06 bits per heavy atom. The van der Waals surface area contributed by atoms with Crippen LogP contribution in [0.25, 0.3) is 0 Å². The van der Waals surface area contributed by atoms with Crippen LogP contribution in [0.2, 0.25) is 0 Å². The van der Waals surface area contributed by atoms with Crippen LogP contribution in [0.3, 0.4) is 0 Å². The first-order chi connectivity index (χ1) is 7.79. The van der Waals surface area contributed by atoms with E-state index >= 15 is 0 Å². The van der Waals surface area contributed by atoms with E-state index < -0.39 is 5.91 Å². The number of hydrogen-bond acceptors (Lipinski definition) is 4. The first-order valence-corrected chi connectivity index (χ1v) is 5.44. The lowest BCUT2D eigenvalue weighted by atomic mass is 10.2. The SMILES string of the molecule is CCCCCOCc1ccoc1C(=O)NN. The highest BCUT2D eigenvalue weighted by atomic mass is 16.5. The summed E-state index contributed by atoms with van der Waals surface area (Å²) in [6.45, 7) is 3.21. The van der Waals surface area contributed by atoms with Crippen molar-refractivity contribution in [2.45, 2.75) is 32.8 Å². The van der Waals surface area contributed by atoms with Gasteiger partial charge in [-0.15, -0.1) is 0 Å². The summed E-state index contributed by atoms with van der Waals surface area (Å²) in [5, 5.41) is 0. The standard InChI is InChI=1S/C11H18N2O3/c1-2-3-4-6-15-8-9-5-7-16-10(9)11(14)13-12/h5,7H,2-4,6,8,12H2,1H3,(H,13,14). The van der Waals surface area contributed by atoms with Crippen molar-refractivity contribution in [1.82, 2.24) is 5.43 Å². The van der Waals surface area contributed by atoms with Crippen LogP contribution in [0.5, 0.6) is 0 Å². The van der Waals surface area contributed by atoms with E-state index in [2.05, 4.69) is 6.92 Å². The van der Waals surface area contributed by atoms with Crippen LogP contribution in [0.15, 0.2) is 16.7 Å². The summed E-state index contributed by atoms with van der Waals surface area (Å²) in [7, 11) is 0. The molecule has 0 fully saturated rings. The number of ether oxygens (including phenoxy) is 1. The first-order valence-electron chi connectivity index (χ1n) is 5.44. The molecule has 0 unspecified atom stereocenters. The fourth-order valence-corrected chi connectivity index (χ4v) is 1.35. The molecule has 1 amide bonds. The van der Waals surface area contributed by atoms with E-state index in [0.29, 0.717) is 13.2 Å². The van der Waals surface area contributed by atoms with E-state index in [4.69, 9.17) is 15.0 Å². The molecule has 0 radical (unpaired) electrons. The number of hydrogen-bond donors (Lipinski definition) is 2. The van der Waals surface area contributed by atoms with Crippen LogP contribution in [0.1, 0.15) is 42.3 Å². The Balaban J connectivity index is 2.36. The number of nitrogens with one attached hydrogen (secondary N) is 1. The van der Waals surface area contributed by atoms with Crippen molar-refractivity contribution in [2.24, 2.45) is 5.84 Å². The Morgan fingerprint density at radius 2 is 2.38 bits per heavy atom. The van der Waals surface area contributed by atoms with Crippen LogP contribution >= 0.6 is 0 Å². The second kappa shape index (κ2) is 7.03. The maximum absolute atomic E-state index is 11.2. The molecule has 1 aromatic heterocycles. The molecule has 5 nitrogen and oxygen atoms in total. The molecule has 0 spiro atoms. The van der Waals surface area contributed by atoms with Crippen molar-refractivity contribution < 1.29 is 13.9 Å². The van der Waals surface area contributed by atoms with Gasteiger partial charge in [-0.3, -0.25) is 10.2 Å². The van der Waals surface area contributed by atoms with Gasteiger partial charge >= 0.3 is 5.91 Å². The van der Waals surface area contributed by atoms with Gasteiger partial charge in [0.15, 0.2) is 5.76 Å². The summed E-state index contributed by atoms with van der Waals surface area (Å²) in [5.74, 6) is 4.81. The van der Waals surface area contributed by atoms with Crippen molar-refractivity contribution in [3.63, 3.8) is 0 Å². The zero-order valence-corrected chi connectivity index (χ0v) is 9.49. The largest absolute Gasteiger partial charge is 0.459 e.